The van der Waals surface area contributed by atoms with E-state index in [9.17, 15) is 14.7 Å². The Hall–Kier alpha value is -1.14. The Morgan fingerprint density at radius 3 is 2.80 bits per heavy atom. The third-order valence-electron chi connectivity index (χ3n) is 4.26. The molecule has 0 saturated carbocycles. The number of hydrogen-bond acceptors (Lipinski definition) is 4. The Bertz CT molecular complexity index is 354. The molecule has 2 unspecified atom stereocenters. The van der Waals surface area contributed by atoms with E-state index in [-0.39, 0.29) is 5.91 Å². The summed E-state index contributed by atoms with van der Waals surface area (Å²) in [7, 11) is 0. The highest BCUT2D eigenvalue weighted by Gasteiger charge is 2.35. The predicted molar refractivity (Wildman–Crippen MR) is 75.5 cm³/mol. The number of amides is 1. The molecule has 20 heavy (non-hydrogen) atoms. The van der Waals surface area contributed by atoms with Gasteiger partial charge < -0.3 is 15.3 Å². The summed E-state index contributed by atoms with van der Waals surface area (Å²) in [6.45, 7) is 6.62. The van der Waals surface area contributed by atoms with Crippen molar-refractivity contribution < 1.29 is 14.7 Å². The van der Waals surface area contributed by atoms with E-state index in [4.69, 9.17) is 0 Å². The minimum Gasteiger partial charge on any atom is -0.480 e. The van der Waals surface area contributed by atoms with Crippen molar-refractivity contribution in [3.05, 3.63) is 0 Å². The average molecular weight is 283 g/mol. The van der Waals surface area contributed by atoms with Crippen LogP contribution in [0.2, 0.25) is 0 Å². The Morgan fingerprint density at radius 2 is 2.05 bits per heavy atom. The number of likely N-dealkylation sites (tertiary alicyclic amines) is 1. The molecule has 2 fully saturated rings. The normalized spacial score (nSPS) is 28.9. The summed E-state index contributed by atoms with van der Waals surface area (Å²) < 4.78 is 0. The van der Waals surface area contributed by atoms with Crippen LogP contribution in [0.4, 0.5) is 0 Å². The average Bonchev–Trinajstić information content (AvgIpc) is 2.67. The number of carboxylic acid groups (broad SMARTS) is 1. The van der Waals surface area contributed by atoms with Gasteiger partial charge in [-0.2, -0.15) is 0 Å². The summed E-state index contributed by atoms with van der Waals surface area (Å²) in [6, 6.07) is -0.642. The fourth-order valence-corrected chi connectivity index (χ4v) is 3.02. The maximum Gasteiger partial charge on any atom is 0.326 e. The van der Waals surface area contributed by atoms with E-state index < -0.39 is 12.0 Å². The van der Waals surface area contributed by atoms with Crippen LogP contribution in [-0.2, 0) is 9.59 Å². The summed E-state index contributed by atoms with van der Waals surface area (Å²) in [5.41, 5.74) is 0. The van der Waals surface area contributed by atoms with Gasteiger partial charge in [-0.25, -0.2) is 4.79 Å². The third-order valence-corrected chi connectivity index (χ3v) is 4.26. The van der Waals surface area contributed by atoms with Gasteiger partial charge in [-0.15, -0.1) is 0 Å². The van der Waals surface area contributed by atoms with E-state index in [1.807, 2.05) is 0 Å². The minimum atomic E-state index is -0.873. The van der Waals surface area contributed by atoms with E-state index in [1.165, 1.54) is 0 Å². The highest BCUT2D eigenvalue weighted by molar-refractivity contribution is 5.85. The van der Waals surface area contributed by atoms with Crippen molar-refractivity contribution in [1.82, 2.24) is 15.1 Å². The molecular formula is C14H25N3O3. The van der Waals surface area contributed by atoms with Crippen LogP contribution < -0.4 is 5.32 Å². The summed E-state index contributed by atoms with van der Waals surface area (Å²) >= 11 is 0. The van der Waals surface area contributed by atoms with Crippen LogP contribution in [0, 0.1) is 5.92 Å². The second-order valence-electron chi connectivity index (χ2n) is 5.95. The molecule has 0 aliphatic carbocycles. The van der Waals surface area contributed by atoms with E-state index >= 15 is 0 Å². The quantitative estimate of drug-likeness (QED) is 0.762. The van der Waals surface area contributed by atoms with Crippen LogP contribution in [0.1, 0.15) is 26.2 Å². The first-order valence-corrected chi connectivity index (χ1v) is 7.53. The predicted octanol–water partition coefficient (Wildman–Crippen LogP) is -0.00660. The summed E-state index contributed by atoms with van der Waals surface area (Å²) in [6.07, 6.45) is 2.51. The maximum absolute atomic E-state index is 12.4. The Labute approximate surface area is 120 Å². The van der Waals surface area contributed by atoms with Gasteiger partial charge in [0.15, 0.2) is 0 Å². The van der Waals surface area contributed by atoms with Gasteiger partial charge in [0.2, 0.25) is 5.91 Å². The smallest absolute Gasteiger partial charge is 0.326 e. The first-order valence-electron chi connectivity index (χ1n) is 7.53. The summed E-state index contributed by atoms with van der Waals surface area (Å²) in [5.74, 6) is -0.531. The first-order chi connectivity index (χ1) is 9.58. The van der Waals surface area contributed by atoms with Crippen molar-refractivity contribution in [2.45, 2.75) is 32.2 Å². The van der Waals surface area contributed by atoms with E-state index in [1.54, 1.807) is 4.90 Å². The molecule has 1 amide bonds. The summed E-state index contributed by atoms with van der Waals surface area (Å²) in [4.78, 5) is 27.4. The van der Waals surface area contributed by atoms with Crippen molar-refractivity contribution >= 4 is 11.9 Å². The molecule has 0 bridgehead atoms. The Kier molecular flexibility index (Phi) is 5.37. The molecule has 2 aliphatic heterocycles. The SMILES string of the molecule is CC1CCN(C(=O)CN2CCCNCC2)C(C(=O)O)C1. The third kappa shape index (κ3) is 3.93. The van der Waals surface area contributed by atoms with Crippen molar-refractivity contribution in [2.24, 2.45) is 5.92 Å². The molecule has 2 aliphatic rings. The molecule has 2 heterocycles. The number of nitrogens with one attached hydrogen (secondary N) is 1. The number of aliphatic carboxylic acids is 1. The highest BCUT2D eigenvalue weighted by Crippen LogP contribution is 2.23. The molecule has 2 saturated heterocycles. The van der Waals surface area contributed by atoms with Crippen LogP contribution in [0.25, 0.3) is 0 Å². The molecule has 2 rings (SSSR count). The van der Waals surface area contributed by atoms with Crippen LogP contribution in [0.5, 0.6) is 0 Å². The zero-order chi connectivity index (χ0) is 14.5. The number of carbonyl (C=O) groups excluding carboxylic acids is 1. The minimum absolute atomic E-state index is 0.0359. The van der Waals surface area contributed by atoms with E-state index in [2.05, 4.69) is 17.1 Å². The van der Waals surface area contributed by atoms with Crippen LogP contribution in [-0.4, -0.2) is 72.1 Å². The lowest BCUT2D eigenvalue weighted by molar-refractivity contribution is -0.153. The molecule has 2 atom stereocenters. The number of nitrogens with zero attached hydrogens (tertiary/aromatic N) is 2. The van der Waals surface area contributed by atoms with Crippen molar-refractivity contribution in [3.8, 4) is 0 Å². The fraction of sp³-hybridized carbons (Fsp3) is 0.857. The molecule has 0 aromatic rings. The number of piperidine rings is 1. The molecule has 0 spiro atoms. The molecule has 2 N–H and O–H groups in total. The number of carbonyl (C=O) groups is 2. The van der Waals surface area contributed by atoms with Crippen LogP contribution in [0.3, 0.4) is 0 Å². The van der Waals surface area contributed by atoms with Crippen molar-refractivity contribution in [2.75, 3.05) is 39.3 Å². The number of hydrogen-bond donors (Lipinski definition) is 2. The van der Waals surface area contributed by atoms with Gasteiger partial charge in [0, 0.05) is 19.6 Å². The molecule has 0 aromatic carbocycles. The second-order valence-corrected chi connectivity index (χ2v) is 5.95. The van der Waals surface area contributed by atoms with E-state index in [0.717, 1.165) is 39.0 Å². The van der Waals surface area contributed by atoms with Crippen LogP contribution >= 0.6 is 0 Å². The molecule has 114 valence electrons. The van der Waals surface area contributed by atoms with Crippen molar-refractivity contribution in [3.63, 3.8) is 0 Å². The molecule has 0 aromatic heterocycles. The number of rotatable bonds is 3. The molecule has 0 radical (unpaired) electrons. The Morgan fingerprint density at radius 1 is 1.25 bits per heavy atom. The second kappa shape index (κ2) is 7.04. The lowest BCUT2D eigenvalue weighted by Gasteiger charge is -2.37. The zero-order valence-electron chi connectivity index (χ0n) is 12.2. The van der Waals surface area contributed by atoms with Gasteiger partial charge >= 0.3 is 5.97 Å². The van der Waals surface area contributed by atoms with Gasteiger partial charge in [0.05, 0.1) is 6.54 Å². The number of carboxylic acids is 1. The van der Waals surface area contributed by atoms with Gasteiger partial charge in [-0.3, -0.25) is 9.69 Å². The monoisotopic (exact) mass is 283 g/mol. The fourth-order valence-electron chi connectivity index (χ4n) is 3.02. The molecule has 6 nitrogen and oxygen atoms in total. The lowest BCUT2D eigenvalue weighted by atomic mass is 9.92. The maximum atomic E-state index is 12.4. The zero-order valence-corrected chi connectivity index (χ0v) is 12.2. The highest BCUT2D eigenvalue weighted by atomic mass is 16.4. The van der Waals surface area contributed by atoms with Gasteiger partial charge in [0.1, 0.15) is 6.04 Å². The van der Waals surface area contributed by atoms with E-state index in [0.29, 0.717) is 25.4 Å². The van der Waals surface area contributed by atoms with Gasteiger partial charge in [0.25, 0.3) is 0 Å². The standard InChI is InChI=1S/C14H25N3O3/c1-11-3-7-17(12(9-11)14(19)20)13(18)10-16-6-2-4-15-5-8-16/h11-12,15H,2-10H2,1H3,(H,19,20). The Balaban J connectivity index is 1.93. The molecular weight excluding hydrogens is 258 g/mol. The summed E-state index contributed by atoms with van der Waals surface area (Å²) in [5, 5.41) is 12.6. The van der Waals surface area contributed by atoms with Crippen molar-refractivity contribution in [1.29, 1.82) is 0 Å². The first kappa shape index (κ1) is 15.3. The largest absolute Gasteiger partial charge is 0.480 e. The van der Waals surface area contributed by atoms with Crippen LogP contribution in [0.15, 0.2) is 0 Å². The lowest BCUT2D eigenvalue weighted by Crippen LogP contribution is -2.52. The van der Waals surface area contributed by atoms with Gasteiger partial charge in [-0.1, -0.05) is 6.92 Å². The molecule has 6 heteroatoms. The topological polar surface area (TPSA) is 72.9 Å². The van der Waals surface area contributed by atoms with Gasteiger partial charge in [-0.05, 0) is 38.3 Å².